The number of para-hydroxylation sites is 3. The minimum Gasteiger partial charge on any atom is -0.448 e. The third kappa shape index (κ3) is 11.2. The van der Waals surface area contributed by atoms with Crippen LogP contribution in [0.5, 0.6) is 11.5 Å². The predicted octanol–water partition coefficient (Wildman–Crippen LogP) is 9.02. The van der Waals surface area contributed by atoms with Crippen LogP contribution in [0.2, 0.25) is 0 Å². The maximum absolute atomic E-state index is 9.19. The topological polar surface area (TPSA) is 102 Å². The second-order valence-corrected chi connectivity index (χ2v) is 19.4. The van der Waals surface area contributed by atoms with Crippen LogP contribution in [0.3, 0.4) is 0 Å². The SMILES string of the molecule is CS(=O)(=O)O.Nc1ccccc1-c1[c-]cccc1.[Pd+2].c1ccc(P(c2ccccc2)c2cccc3c2Oc2c(cccc2[PH+](c2ccccc2)c2ccccc2)N3)cc1. The van der Waals surface area contributed by atoms with Gasteiger partial charge in [-0.05, 0) is 78.8 Å². The second kappa shape index (κ2) is 20.5. The van der Waals surface area contributed by atoms with Gasteiger partial charge in [0, 0.05) is 5.30 Å². The monoisotopic (exact) mass is 922 g/mol. The van der Waals surface area contributed by atoms with Crippen LogP contribution in [-0.4, -0.2) is 19.2 Å². The molecule has 0 radical (unpaired) electrons. The van der Waals surface area contributed by atoms with Gasteiger partial charge in [-0.25, -0.2) is 0 Å². The summed E-state index contributed by atoms with van der Waals surface area (Å²) < 4.78 is 32.9. The molecule has 0 unspecified atom stereocenters. The maximum atomic E-state index is 9.19. The third-order valence-electron chi connectivity index (χ3n) is 9.11. The standard InChI is InChI=1S/C36H27NOP2.C12H10N.CH4O3S.Pd/c1-5-15-27(16-6-1)39(28-17-7-2-8-18-28)33-25-13-23-31-35(33)38-36-32(37-31)24-14-26-34(36)40(29-19-9-3-10-20-29)30-21-11-4-12-22-30;13-12-9-5-4-8-11(12)10-6-2-1-3-7-10;1-5(2,3)4;/h1-26,37H;1-6,8-9H,13H2;1H3,(H,2,3,4);/q;-1;;+2/p+1. The number of anilines is 3. The number of benzene rings is 8. The molecule has 8 aromatic rings. The molecule has 0 atom stereocenters. The zero-order valence-corrected chi connectivity index (χ0v) is 36.3. The van der Waals surface area contributed by atoms with Crippen LogP contribution in [0.4, 0.5) is 17.1 Å². The molecule has 10 heteroatoms. The Morgan fingerprint density at radius 3 is 1.59 bits per heavy atom. The van der Waals surface area contributed by atoms with Crippen molar-refractivity contribution >= 4 is 74.9 Å². The van der Waals surface area contributed by atoms with Gasteiger partial charge in [-0.2, -0.15) is 8.42 Å². The molecule has 0 amide bonds. The van der Waals surface area contributed by atoms with Crippen molar-refractivity contribution in [3.05, 3.63) is 212 Å². The summed E-state index contributed by atoms with van der Waals surface area (Å²) in [5.41, 5.74) is 10.7. The second-order valence-electron chi connectivity index (χ2n) is 13.3. The fraction of sp³-hybridized carbons (Fsp3) is 0.0204. The Morgan fingerprint density at radius 2 is 1.07 bits per heavy atom. The molecular weight excluding hydrogens is 881 g/mol. The van der Waals surface area contributed by atoms with Gasteiger partial charge < -0.3 is 15.8 Å². The molecule has 6 nitrogen and oxygen atoms in total. The van der Waals surface area contributed by atoms with E-state index >= 15 is 0 Å². The van der Waals surface area contributed by atoms with Gasteiger partial charge in [0.1, 0.15) is 23.8 Å². The van der Waals surface area contributed by atoms with Crippen LogP contribution in [0.15, 0.2) is 206 Å². The van der Waals surface area contributed by atoms with Gasteiger partial charge in [0.25, 0.3) is 10.1 Å². The zero-order valence-electron chi connectivity index (χ0n) is 32.1. The Bertz CT molecular complexity index is 2460. The molecule has 0 fully saturated rings. The van der Waals surface area contributed by atoms with Gasteiger partial charge in [-0.1, -0.05) is 133 Å². The van der Waals surface area contributed by atoms with E-state index in [1.807, 2.05) is 48.5 Å². The van der Waals surface area contributed by atoms with Gasteiger partial charge in [-0.3, -0.25) is 4.55 Å². The number of rotatable bonds is 7. The minimum absolute atomic E-state index is 0. The van der Waals surface area contributed by atoms with Gasteiger partial charge in [0.2, 0.25) is 0 Å². The molecule has 1 heterocycles. The number of nitrogens with one attached hydrogen (secondary N) is 1. The Morgan fingerprint density at radius 1 is 0.593 bits per heavy atom. The zero-order chi connectivity index (χ0) is 40.3. The largest absolute Gasteiger partial charge is 2.00 e. The smallest absolute Gasteiger partial charge is 0.448 e. The van der Waals surface area contributed by atoms with Gasteiger partial charge in [-0.15, -0.1) is 35.9 Å². The molecule has 9 rings (SSSR count). The van der Waals surface area contributed by atoms with E-state index in [0.717, 1.165) is 39.7 Å². The summed E-state index contributed by atoms with van der Waals surface area (Å²) in [4.78, 5) is 0. The summed E-state index contributed by atoms with van der Waals surface area (Å²) in [5, 5.41) is 11.5. The van der Waals surface area contributed by atoms with E-state index in [1.165, 1.54) is 31.8 Å². The average Bonchev–Trinajstić information content (AvgIpc) is 3.25. The van der Waals surface area contributed by atoms with E-state index in [0.29, 0.717) is 6.26 Å². The summed E-state index contributed by atoms with van der Waals surface area (Å²) in [6.07, 6.45) is 0.715. The van der Waals surface area contributed by atoms with E-state index in [1.54, 1.807) is 0 Å². The van der Waals surface area contributed by atoms with E-state index in [9.17, 15) is 8.42 Å². The fourth-order valence-corrected chi connectivity index (χ4v) is 11.7. The fourth-order valence-electron chi connectivity index (χ4n) is 6.67. The van der Waals surface area contributed by atoms with Gasteiger partial charge >= 0.3 is 20.4 Å². The average molecular weight is 923 g/mol. The van der Waals surface area contributed by atoms with Crippen molar-refractivity contribution in [3.8, 4) is 22.6 Å². The first kappa shape index (κ1) is 43.2. The molecule has 0 aliphatic carbocycles. The molecule has 1 aliphatic rings. The molecule has 59 heavy (non-hydrogen) atoms. The van der Waals surface area contributed by atoms with E-state index in [2.05, 4.69) is 169 Å². The molecule has 0 saturated heterocycles. The van der Waals surface area contributed by atoms with Gasteiger partial charge in [0.05, 0.1) is 17.6 Å². The van der Waals surface area contributed by atoms with Crippen molar-refractivity contribution in [1.29, 1.82) is 0 Å². The summed E-state index contributed by atoms with van der Waals surface area (Å²) >= 11 is 0. The Hall–Kier alpha value is -5.41. The normalized spacial score (nSPS) is 11.2. The summed E-state index contributed by atoms with van der Waals surface area (Å²) in [6.45, 7) is 0. The summed E-state index contributed by atoms with van der Waals surface area (Å²) in [5.74, 6) is 1.85. The number of ether oxygens (including phenoxy) is 1. The third-order valence-corrected chi connectivity index (χ3v) is 14.3. The Balaban J connectivity index is 0.000000256. The predicted molar refractivity (Wildman–Crippen MR) is 248 cm³/mol. The van der Waals surface area contributed by atoms with Crippen LogP contribution in [0.1, 0.15) is 0 Å². The summed E-state index contributed by atoms with van der Waals surface area (Å²) in [6, 6.07) is 75.2. The molecule has 296 valence electrons. The quantitative estimate of drug-likeness (QED) is 0.0486. The first-order valence-electron chi connectivity index (χ1n) is 18.6. The summed E-state index contributed by atoms with van der Waals surface area (Å²) in [7, 11) is -5.80. The van der Waals surface area contributed by atoms with Crippen molar-refractivity contribution in [2.75, 3.05) is 17.3 Å². The van der Waals surface area contributed by atoms with Crippen LogP contribution in [0, 0.1) is 6.07 Å². The van der Waals surface area contributed by atoms with E-state index in [-0.39, 0.29) is 20.4 Å². The number of hydrogen-bond donors (Lipinski definition) is 3. The first-order chi connectivity index (χ1) is 28.2. The number of hydrogen-bond acceptors (Lipinski definition) is 5. The molecule has 0 aromatic heterocycles. The minimum atomic E-state index is -3.67. The number of nitrogens with two attached hydrogens (primary N) is 1. The van der Waals surface area contributed by atoms with Gasteiger partial charge in [0.15, 0.2) is 11.5 Å². The van der Waals surface area contributed by atoms with Crippen LogP contribution in [0.25, 0.3) is 11.1 Å². The van der Waals surface area contributed by atoms with Crippen LogP contribution < -0.4 is 47.6 Å². The van der Waals surface area contributed by atoms with Crippen molar-refractivity contribution < 1.29 is 38.1 Å². The van der Waals surface area contributed by atoms with Crippen molar-refractivity contribution in [2.24, 2.45) is 0 Å². The molecule has 0 saturated carbocycles. The van der Waals surface area contributed by atoms with Crippen LogP contribution >= 0.6 is 15.8 Å². The molecule has 0 spiro atoms. The Labute approximate surface area is 363 Å². The molecule has 0 bridgehead atoms. The molecule has 8 aromatic carbocycles. The Kier molecular flexibility index (Phi) is 15.0. The molecule has 4 N–H and O–H groups in total. The van der Waals surface area contributed by atoms with Crippen molar-refractivity contribution in [3.63, 3.8) is 0 Å². The number of fused-ring (bicyclic) bond motifs is 2. The maximum Gasteiger partial charge on any atom is 2.00 e. The molecular formula is C49H42N2O4P2PdS+2. The van der Waals surface area contributed by atoms with E-state index in [4.69, 9.17) is 15.0 Å². The van der Waals surface area contributed by atoms with Crippen LogP contribution in [-0.2, 0) is 30.5 Å². The van der Waals surface area contributed by atoms with E-state index < -0.39 is 26.0 Å². The first-order valence-corrected chi connectivity index (χ1v) is 23.3. The van der Waals surface area contributed by atoms with Crippen molar-refractivity contribution in [1.82, 2.24) is 0 Å². The number of nitrogen functional groups attached to an aromatic ring is 1. The van der Waals surface area contributed by atoms with Crippen molar-refractivity contribution in [2.45, 2.75) is 0 Å². The molecule has 1 aliphatic heterocycles.